The van der Waals surface area contributed by atoms with Crippen LogP contribution in [0, 0.1) is 0 Å². The van der Waals surface area contributed by atoms with Crippen LogP contribution in [-0.2, 0) is 5.41 Å². The normalized spacial score (nSPS) is 12.7. The van der Waals surface area contributed by atoms with Crippen molar-refractivity contribution in [3.05, 3.63) is 113 Å². The number of rotatable bonds is 5. The Balaban J connectivity index is 2.08. The van der Waals surface area contributed by atoms with Gasteiger partial charge in [0, 0.05) is 11.6 Å². The van der Waals surface area contributed by atoms with E-state index in [-0.39, 0.29) is 11.0 Å². The Morgan fingerprint density at radius 1 is 0.690 bits per heavy atom. The lowest BCUT2D eigenvalue weighted by Crippen LogP contribution is -2.26. The fourth-order valence-electron chi connectivity index (χ4n) is 3.13. The molecule has 0 saturated carbocycles. The van der Waals surface area contributed by atoms with Gasteiger partial charge in [-0.2, -0.15) is 8.78 Å². The predicted molar refractivity (Wildman–Crippen MR) is 114 cm³/mol. The molecule has 148 valence electrons. The van der Waals surface area contributed by atoms with Crippen LogP contribution in [0.25, 0.3) is 5.57 Å². The first-order chi connectivity index (χ1) is 13.7. The fourth-order valence-corrected chi connectivity index (χ4v) is 3.13. The van der Waals surface area contributed by atoms with Crippen LogP contribution in [0.15, 0.2) is 91.0 Å². The standard InChI is InChI=1S/C26H24F2O/c1-25(2,3)22-16-14-20(15-17-22)23(19-10-6-4-7-11-19)18-26(27,28)24(29)21-12-8-5-9-13-21/h4-18H,1-3H3/b23-18+. The summed E-state index contributed by atoms with van der Waals surface area (Å²) in [5, 5.41) is 0. The predicted octanol–water partition coefficient (Wildman–Crippen LogP) is 6.93. The smallest absolute Gasteiger partial charge is 0.287 e. The molecule has 0 spiro atoms. The average molecular weight is 390 g/mol. The van der Waals surface area contributed by atoms with Crippen LogP contribution in [0.1, 0.15) is 47.8 Å². The summed E-state index contributed by atoms with van der Waals surface area (Å²) in [5.74, 6) is -4.84. The van der Waals surface area contributed by atoms with E-state index >= 15 is 0 Å². The van der Waals surface area contributed by atoms with E-state index in [0.29, 0.717) is 16.7 Å². The van der Waals surface area contributed by atoms with E-state index in [1.54, 1.807) is 42.5 Å². The molecule has 0 atom stereocenters. The molecule has 0 saturated heterocycles. The van der Waals surface area contributed by atoms with Gasteiger partial charge in [-0.1, -0.05) is 106 Å². The fraction of sp³-hybridized carbons (Fsp3) is 0.192. The summed E-state index contributed by atoms with van der Waals surface area (Å²) in [6, 6.07) is 24.2. The molecule has 1 nitrogen and oxygen atoms in total. The van der Waals surface area contributed by atoms with Crippen molar-refractivity contribution in [1.82, 2.24) is 0 Å². The highest BCUT2D eigenvalue weighted by Crippen LogP contribution is 2.32. The number of halogens is 2. The zero-order valence-electron chi connectivity index (χ0n) is 16.8. The molecule has 0 amide bonds. The number of Topliss-reactive ketones (excluding diaryl/α,β-unsaturated/α-hetero) is 1. The SMILES string of the molecule is CC(C)(C)c1ccc(/C(=C/C(F)(F)C(=O)c2ccccc2)c2ccccc2)cc1. The maximum atomic E-state index is 15.0. The number of alkyl halides is 2. The summed E-state index contributed by atoms with van der Waals surface area (Å²) < 4.78 is 29.9. The Morgan fingerprint density at radius 3 is 1.62 bits per heavy atom. The van der Waals surface area contributed by atoms with E-state index in [1.165, 1.54) is 12.1 Å². The van der Waals surface area contributed by atoms with Crippen molar-refractivity contribution in [3.8, 4) is 0 Å². The van der Waals surface area contributed by atoms with E-state index in [9.17, 15) is 13.6 Å². The molecular formula is C26H24F2O. The van der Waals surface area contributed by atoms with Crippen molar-refractivity contribution in [1.29, 1.82) is 0 Å². The van der Waals surface area contributed by atoms with Gasteiger partial charge in [-0.25, -0.2) is 0 Å². The van der Waals surface area contributed by atoms with Crippen molar-refractivity contribution in [2.24, 2.45) is 0 Å². The van der Waals surface area contributed by atoms with Crippen molar-refractivity contribution in [2.75, 3.05) is 0 Å². The molecule has 3 heteroatoms. The lowest BCUT2D eigenvalue weighted by molar-refractivity contribution is 0.0384. The number of benzene rings is 3. The van der Waals surface area contributed by atoms with E-state index < -0.39 is 11.7 Å². The van der Waals surface area contributed by atoms with Crippen molar-refractivity contribution in [3.63, 3.8) is 0 Å². The Bertz CT molecular complexity index is 996. The van der Waals surface area contributed by atoms with Crippen LogP contribution in [0.4, 0.5) is 8.78 Å². The molecular weight excluding hydrogens is 366 g/mol. The molecule has 3 rings (SSSR count). The minimum atomic E-state index is -3.63. The number of hydrogen-bond acceptors (Lipinski definition) is 1. The van der Waals surface area contributed by atoms with Gasteiger partial charge in [-0.15, -0.1) is 0 Å². The zero-order valence-corrected chi connectivity index (χ0v) is 16.8. The molecule has 0 aliphatic rings. The van der Waals surface area contributed by atoms with E-state index in [4.69, 9.17) is 0 Å². The van der Waals surface area contributed by atoms with Crippen LogP contribution in [0.2, 0.25) is 0 Å². The summed E-state index contributed by atoms with van der Waals surface area (Å²) >= 11 is 0. The third-order valence-corrected chi connectivity index (χ3v) is 4.81. The Hall–Kier alpha value is -3.07. The van der Waals surface area contributed by atoms with Crippen molar-refractivity contribution in [2.45, 2.75) is 32.1 Å². The first-order valence-electron chi connectivity index (χ1n) is 9.55. The number of carbonyl (C=O) groups is 1. The monoisotopic (exact) mass is 390 g/mol. The molecule has 3 aromatic rings. The van der Waals surface area contributed by atoms with Gasteiger partial charge in [-0.05, 0) is 27.7 Å². The topological polar surface area (TPSA) is 17.1 Å². The molecule has 0 unspecified atom stereocenters. The van der Waals surface area contributed by atoms with Gasteiger partial charge < -0.3 is 0 Å². The molecule has 0 N–H and O–H groups in total. The van der Waals surface area contributed by atoms with Gasteiger partial charge in [0.1, 0.15) is 0 Å². The number of hydrogen-bond donors (Lipinski definition) is 0. The third kappa shape index (κ3) is 4.86. The van der Waals surface area contributed by atoms with Crippen LogP contribution in [-0.4, -0.2) is 11.7 Å². The van der Waals surface area contributed by atoms with Crippen LogP contribution < -0.4 is 0 Å². The van der Waals surface area contributed by atoms with E-state index in [1.807, 2.05) is 30.3 Å². The molecule has 0 heterocycles. The Kier molecular flexibility index (Phi) is 5.78. The van der Waals surface area contributed by atoms with Crippen molar-refractivity contribution < 1.29 is 13.6 Å². The Morgan fingerprint density at radius 2 is 1.14 bits per heavy atom. The average Bonchev–Trinajstić information content (AvgIpc) is 2.72. The summed E-state index contributed by atoms with van der Waals surface area (Å²) in [6.07, 6.45) is 0.782. The van der Waals surface area contributed by atoms with E-state index in [0.717, 1.165) is 11.6 Å². The highest BCUT2D eigenvalue weighted by atomic mass is 19.3. The quantitative estimate of drug-likeness (QED) is 0.432. The van der Waals surface area contributed by atoms with E-state index in [2.05, 4.69) is 20.8 Å². The highest BCUT2D eigenvalue weighted by Gasteiger charge is 2.37. The largest absolute Gasteiger partial charge is 0.329 e. The second kappa shape index (κ2) is 8.12. The Labute approximate surface area is 170 Å². The molecule has 0 radical (unpaired) electrons. The maximum Gasteiger partial charge on any atom is 0.329 e. The maximum absolute atomic E-state index is 15.0. The first kappa shape index (κ1) is 20.7. The molecule has 0 bridgehead atoms. The second-order valence-electron chi connectivity index (χ2n) is 8.07. The zero-order chi connectivity index (χ0) is 21.1. The molecule has 29 heavy (non-hydrogen) atoms. The first-order valence-corrected chi connectivity index (χ1v) is 9.55. The third-order valence-electron chi connectivity index (χ3n) is 4.81. The lowest BCUT2D eigenvalue weighted by Gasteiger charge is -2.20. The molecule has 0 fully saturated rings. The van der Waals surface area contributed by atoms with Gasteiger partial charge in [0.25, 0.3) is 0 Å². The number of allylic oxidation sites excluding steroid dienone is 1. The summed E-state index contributed by atoms with van der Waals surface area (Å²) in [7, 11) is 0. The van der Waals surface area contributed by atoms with Crippen LogP contribution in [0.5, 0.6) is 0 Å². The number of carbonyl (C=O) groups excluding carboxylic acids is 1. The van der Waals surface area contributed by atoms with Gasteiger partial charge in [0.2, 0.25) is 5.78 Å². The second-order valence-corrected chi connectivity index (χ2v) is 8.07. The van der Waals surface area contributed by atoms with Crippen LogP contribution in [0.3, 0.4) is 0 Å². The van der Waals surface area contributed by atoms with Crippen molar-refractivity contribution >= 4 is 11.4 Å². The molecule has 3 aromatic carbocycles. The summed E-state index contributed by atoms with van der Waals surface area (Å²) in [6.45, 7) is 6.30. The summed E-state index contributed by atoms with van der Waals surface area (Å²) in [5.41, 5.74) is 2.68. The van der Waals surface area contributed by atoms with Gasteiger partial charge in [0.05, 0.1) is 0 Å². The molecule has 0 aromatic heterocycles. The summed E-state index contributed by atoms with van der Waals surface area (Å²) in [4.78, 5) is 12.5. The van der Waals surface area contributed by atoms with Crippen LogP contribution >= 0.6 is 0 Å². The minimum Gasteiger partial charge on any atom is -0.287 e. The van der Waals surface area contributed by atoms with Gasteiger partial charge >= 0.3 is 5.92 Å². The number of ketones is 1. The lowest BCUT2D eigenvalue weighted by atomic mass is 9.85. The minimum absolute atomic E-state index is 0.00996. The van der Waals surface area contributed by atoms with Gasteiger partial charge in [0.15, 0.2) is 0 Å². The molecule has 0 aliphatic heterocycles. The highest BCUT2D eigenvalue weighted by molar-refractivity contribution is 6.04. The molecule has 0 aliphatic carbocycles. The van der Waals surface area contributed by atoms with Gasteiger partial charge in [-0.3, -0.25) is 4.79 Å².